The van der Waals surface area contributed by atoms with Crippen molar-refractivity contribution in [2.75, 3.05) is 6.54 Å². The number of fused-ring (bicyclic) bond motifs is 1. The molecule has 1 aliphatic rings. The Labute approximate surface area is 141 Å². The van der Waals surface area contributed by atoms with Gasteiger partial charge in [0.1, 0.15) is 0 Å². The van der Waals surface area contributed by atoms with E-state index < -0.39 is 17.5 Å². The van der Waals surface area contributed by atoms with Crippen LogP contribution in [0.3, 0.4) is 0 Å². The lowest BCUT2D eigenvalue weighted by Crippen LogP contribution is -2.58. The van der Waals surface area contributed by atoms with Gasteiger partial charge in [-0.1, -0.05) is 29.8 Å². The van der Waals surface area contributed by atoms with Crippen LogP contribution < -0.4 is 0 Å². The maximum Gasteiger partial charge on any atom is 0.340 e. The van der Waals surface area contributed by atoms with E-state index >= 15 is 0 Å². The van der Waals surface area contributed by atoms with Gasteiger partial charge in [-0.2, -0.15) is 0 Å². The zero-order valence-electron chi connectivity index (χ0n) is 12.0. The summed E-state index contributed by atoms with van der Waals surface area (Å²) in [4.78, 5) is 26.8. The van der Waals surface area contributed by atoms with Crippen LogP contribution in [-0.2, 0) is 28.1 Å². The summed E-state index contributed by atoms with van der Waals surface area (Å²) < 4.78 is 0. The standard InChI is InChI=1S/C16H14ClNO4S/c17-12-4-2-1-3-11(12)16(14(19)20,15(21)22)18-7-5-13-10(9-18)6-8-23-13/h1-4,6,8H,5,7,9H2,(H,19,20)(H,21,22). The summed E-state index contributed by atoms with van der Waals surface area (Å²) in [6.45, 7) is 0.611. The number of thiophene rings is 1. The van der Waals surface area contributed by atoms with Gasteiger partial charge in [0.05, 0.1) is 0 Å². The van der Waals surface area contributed by atoms with Crippen molar-refractivity contribution in [3.63, 3.8) is 0 Å². The van der Waals surface area contributed by atoms with E-state index in [4.69, 9.17) is 11.6 Å². The summed E-state index contributed by atoms with van der Waals surface area (Å²) in [5.41, 5.74) is -1.14. The molecular formula is C16H14ClNO4S. The Morgan fingerprint density at radius 3 is 2.52 bits per heavy atom. The second kappa shape index (κ2) is 5.96. The second-order valence-corrected chi connectivity index (χ2v) is 6.75. The molecule has 0 fully saturated rings. The third-order valence-electron chi connectivity index (χ3n) is 4.16. The molecular weight excluding hydrogens is 338 g/mol. The van der Waals surface area contributed by atoms with Crippen molar-refractivity contribution < 1.29 is 19.8 Å². The van der Waals surface area contributed by atoms with Gasteiger partial charge in [0.25, 0.3) is 0 Å². The highest BCUT2D eigenvalue weighted by Gasteiger charge is 2.55. The fraction of sp³-hybridized carbons (Fsp3) is 0.250. The Morgan fingerprint density at radius 1 is 1.17 bits per heavy atom. The number of benzene rings is 1. The van der Waals surface area contributed by atoms with Gasteiger partial charge in [-0.15, -0.1) is 11.3 Å². The lowest BCUT2D eigenvalue weighted by atomic mass is 9.86. The molecule has 3 rings (SSSR count). The number of halogens is 1. The zero-order valence-corrected chi connectivity index (χ0v) is 13.6. The minimum absolute atomic E-state index is 0.0837. The van der Waals surface area contributed by atoms with Crippen molar-refractivity contribution in [2.24, 2.45) is 0 Å². The second-order valence-electron chi connectivity index (χ2n) is 5.34. The van der Waals surface area contributed by atoms with Gasteiger partial charge in [0.2, 0.25) is 5.54 Å². The van der Waals surface area contributed by atoms with Crippen LogP contribution in [0, 0.1) is 0 Å². The molecule has 0 spiro atoms. The Balaban J connectivity index is 2.16. The molecule has 0 saturated carbocycles. The average molecular weight is 352 g/mol. The zero-order chi connectivity index (χ0) is 16.6. The van der Waals surface area contributed by atoms with Gasteiger partial charge in [-0.3, -0.25) is 4.90 Å². The van der Waals surface area contributed by atoms with Crippen LogP contribution in [0.5, 0.6) is 0 Å². The third-order valence-corrected chi connectivity index (χ3v) is 5.52. The van der Waals surface area contributed by atoms with E-state index in [1.165, 1.54) is 21.9 Å². The van der Waals surface area contributed by atoms with Gasteiger partial charge in [0, 0.05) is 28.6 Å². The van der Waals surface area contributed by atoms with Crippen LogP contribution in [0.4, 0.5) is 0 Å². The van der Waals surface area contributed by atoms with Gasteiger partial charge >= 0.3 is 11.9 Å². The molecule has 1 aliphatic heterocycles. The molecule has 120 valence electrons. The first-order valence-corrected chi connectivity index (χ1v) is 8.25. The fourth-order valence-electron chi connectivity index (χ4n) is 3.05. The number of carbonyl (C=O) groups is 2. The number of hydrogen-bond donors (Lipinski definition) is 2. The number of hydrogen-bond acceptors (Lipinski definition) is 4. The molecule has 0 atom stereocenters. The number of carboxylic acid groups (broad SMARTS) is 2. The number of aliphatic carboxylic acids is 2. The highest BCUT2D eigenvalue weighted by molar-refractivity contribution is 7.10. The van der Waals surface area contributed by atoms with E-state index in [1.54, 1.807) is 23.5 Å². The summed E-state index contributed by atoms with van der Waals surface area (Å²) in [6.07, 6.45) is 0.625. The molecule has 1 aromatic carbocycles. The smallest absolute Gasteiger partial charge is 0.340 e. The maximum atomic E-state index is 12.1. The van der Waals surface area contributed by atoms with Crippen molar-refractivity contribution in [1.82, 2.24) is 4.90 Å². The van der Waals surface area contributed by atoms with E-state index in [9.17, 15) is 19.8 Å². The monoisotopic (exact) mass is 351 g/mol. The van der Waals surface area contributed by atoms with Crippen molar-refractivity contribution in [3.8, 4) is 0 Å². The van der Waals surface area contributed by atoms with Crippen LogP contribution in [0.25, 0.3) is 0 Å². The molecule has 0 unspecified atom stereocenters. The molecule has 2 aromatic rings. The molecule has 23 heavy (non-hydrogen) atoms. The summed E-state index contributed by atoms with van der Waals surface area (Å²) in [5, 5.41) is 21.8. The van der Waals surface area contributed by atoms with Crippen molar-refractivity contribution in [3.05, 3.63) is 56.7 Å². The Morgan fingerprint density at radius 2 is 1.87 bits per heavy atom. The molecule has 0 amide bonds. The molecule has 2 heterocycles. The molecule has 0 bridgehead atoms. The molecule has 5 nitrogen and oxygen atoms in total. The normalized spacial score (nSPS) is 15.2. The van der Waals surface area contributed by atoms with Gasteiger partial charge in [-0.25, -0.2) is 9.59 Å². The minimum Gasteiger partial charge on any atom is -0.479 e. The first-order valence-electron chi connectivity index (χ1n) is 7.00. The van der Waals surface area contributed by atoms with Crippen molar-refractivity contribution >= 4 is 34.9 Å². The SMILES string of the molecule is O=C(O)C(C(=O)O)(c1ccccc1Cl)N1CCc2sccc2C1. The minimum atomic E-state index is -2.20. The molecule has 1 aromatic heterocycles. The highest BCUT2D eigenvalue weighted by Crippen LogP contribution is 2.38. The maximum absolute atomic E-state index is 12.1. The van der Waals surface area contributed by atoms with E-state index in [1.807, 2.05) is 11.4 Å². The number of nitrogens with zero attached hydrogens (tertiary/aromatic N) is 1. The highest BCUT2D eigenvalue weighted by atomic mass is 35.5. The first-order chi connectivity index (χ1) is 11.0. The quantitative estimate of drug-likeness (QED) is 0.828. The number of rotatable bonds is 4. The van der Waals surface area contributed by atoms with E-state index in [0.717, 1.165) is 5.56 Å². The van der Waals surface area contributed by atoms with E-state index in [0.29, 0.717) is 13.0 Å². The lowest BCUT2D eigenvalue weighted by molar-refractivity contribution is -0.170. The summed E-state index contributed by atoms with van der Waals surface area (Å²) in [7, 11) is 0. The predicted molar refractivity (Wildman–Crippen MR) is 86.8 cm³/mol. The van der Waals surface area contributed by atoms with Crippen molar-refractivity contribution in [1.29, 1.82) is 0 Å². The topological polar surface area (TPSA) is 77.8 Å². The Kier molecular flexibility index (Phi) is 4.14. The predicted octanol–water partition coefficient (Wildman–Crippen LogP) is 2.82. The van der Waals surface area contributed by atoms with E-state index in [2.05, 4.69) is 0 Å². The number of carboxylic acids is 2. The Hall–Kier alpha value is -1.89. The largest absolute Gasteiger partial charge is 0.479 e. The molecule has 0 radical (unpaired) electrons. The van der Waals surface area contributed by atoms with Gasteiger partial charge in [-0.05, 0) is 29.5 Å². The molecule has 0 aliphatic carbocycles. The van der Waals surface area contributed by atoms with Crippen LogP contribution >= 0.6 is 22.9 Å². The summed E-state index contributed by atoms with van der Waals surface area (Å²) in [6, 6.07) is 8.13. The third kappa shape index (κ3) is 2.43. The van der Waals surface area contributed by atoms with Gasteiger partial charge in [0.15, 0.2) is 0 Å². The lowest BCUT2D eigenvalue weighted by Gasteiger charge is -2.40. The van der Waals surface area contributed by atoms with Crippen LogP contribution in [-0.4, -0.2) is 33.6 Å². The Bertz CT molecular complexity index is 759. The van der Waals surface area contributed by atoms with Crippen LogP contribution in [0.2, 0.25) is 5.02 Å². The molecule has 7 heteroatoms. The molecule has 2 N–H and O–H groups in total. The average Bonchev–Trinajstić information content (AvgIpc) is 2.97. The van der Waals surface area contributed by atoms with E-state index in [-0.39, 0.29) is 17.1 Å². The summed E-state index contributed by atoms with van der Waals surface area (Å²) in [5.74, 6) is -2.87. The van der Waals surface area contributed by atoms with Crippen LogP contribution in [0.1, 0.15) is 16.0 Å². The van der Waals surface area contributed by atoms with Crippen molar-refractivity contribution in [2.45, 2.75) is 18.5 Å². The van der Waals surface area contributed by atoms with Gasteiger partial charge < -0.3 is 10.2 Å². The van der Waals surface area contributed by atoms with Crippen LogP contribution in [0.15, 0.2) is 35.7 Å². The molecule has 0 saturated heterocycles. The fourth-order valence-corrected chi connectivity index (χ4v) is 4.21. The summed E-state index contributed by atoms with van der Waals surface area (Å²) >= 11 is 7.75. The first kappa shape index (κ1) is 16.0.